The van der Waals surface area contributed by atoms with Gasteiger partial charge in [0.15, 0.2) is 5.82 Å². The van der Waals surface area contributed by atoms with Gasteiger partial charge in [-0.15, -0.1) is 0 Å². The maximum absolute atomic E-state index is 9.95. The molecule has 1 saturated heterocycles. The van der Waals surface area contributed by atoms with Crippen molar-refractivity contribution >= 4 is 17.3 Å². The first-order valence-electron chi connectivity index (χ1n) is 13.2. The van der Waals surface area contributed by atoms with Crippen molar-refractivity contribution in [3.63, 3.8) is 0 Å². The van der Waals surface area contributed by atoms with Crippen molar-refractivity contribution in [3.8, 4) is 6.01 Å². The zero-order valence-electron chi connectivity index (χ0n) is 21.9. The van der Waals surface area contributed by atoms with Crippen LogP contribution in [0.25, 0.3) is 0 Å². The van der Waals surface area contributed by atoms with E-state index in [9.17, 15) is 5.11 Å². The maximum atomic E-state index is 9.95. The fourth-order valence-corrected chi connectivity index (χ4v) is 4.13. The molecule has 0 spiro atoms. The highest BCUT2D eigenvalue weighted by Crippen LogP contribution is 2.21. The molecule has 2 aliphatic rings. The normalized spacial score (nSPS) is 21.0. The molecule has 36 heavy (non-hydrogen) atoms. The van der Waals surface area contributed by atoms with E-state index in [4.69, 9.17) is 14.5 Å². The van der Waals surface area contributed by atoms with E-state index in [-0.39, 0.29) is 0 Å². The predicted octanol–water partition coefficient (Wildman–Crippen LogP) is 4.71. The van der Waals surface area contributed by atoms with Crippen molar-refractivity contribution < 1.29 is 14.6 Å². The minimum atomic E-state index is 0.348. The van der Waals surface area contributed by atoms with Gasteiger partial charge < -0.3 is 19.5 Å². The summed E-state index contributed by atoms with van der Waals surface area (Å²) in [5, 5.41) is 14.6. The Morgan fingerprint density at radius 3 is 2.72 bits per heavy atom. The van der Waals surface area contributed by atoms with Crippen molar-refractivity contribution in [2.24, 2.45) is 5.10 Å². The minimum absolute atomic E-state index is 0.348. The van der Waals surface area contributed by atoms with Crippen LogP contribution in [0.3, 0.4) is 0 Å². The number of hydrogen-bond acceptors (Lipinski definition) is 9. The van der Waals surface area contributed by atoms with Gasteiger partial charge in [-0.2, -0.15) is 15.1 Å². The molecule has 0 atom stereocenters. The third-order valence-electron chi connectivity index (χ3n) is 6.08. The summed E-state index contributed by atoms with van der Waals surface area (Å²) in [6.45, 7) is 15.0. The monoisotopic (exact) mass is 498 g/mol. The smallest absolute Gasteiger partial charge is 0.320 e. The lowest BCUT2D eigenvalue weighted by molar-refractivity contribution is 0.0317. The third kappa shape index (κ3) is 9.28. The molecule has 0 amide bonds. The minimum Gasteiger partial charge on any atom is -0.513 e. The molecule has 0 radical (unpaired) electrons. The molecule has 9 heteroatoms. The van der Waals surface area contributed by atoms with Gasteiger partial charge in [-0.3, -0.25) is 10.3 Å². The Labute approximate surface area is 215 Å². The van der Waals surface area contributed by atoms with Crippen molar-refractivity contribution in [2.75, 3.05) is 62.9 Å². The molecule has 198 valence electrons. The van der Waals surface area contributed by atoms with E-state index in [1.54, 1.807) is 0 Å². The molecule has 1 aromatic heterocycles. The van der Waals surface area contributed by atoms with Crippen molar-refractivity contribution in [3.05, 3.63) is 42.2 Å². The summed E-state index contributed by atoms with van der Waals surface area (Å²) in [4.78, 5) is 13.9. The van der Waals surface area contributed by atoms with Crippen LogP contribution in [0.2, 0.25) is 0 Å². The first kappa shape index (κ1) is 27.7. The van der Waals surface area contributed by atoms with E-state index in [0.29, 0.717) is 43.5 Å². The van der Waals surface area contributed by atoms with Gasteiger partial charge in [0.25, 0.3) is 0 Å². The summed E-state index contributed by atoms with van der Waals surface area (Å²) in [5.74, 6) is 1.84. The van der Waals surface area contributed by atoms with Gasteiger partial charge in [-0.05, 0) is 43.8 Å². The standard InChI is InChI=1S/C27H42N6O3/c1-4-13-33(14-5-2)26-21-25(28-27(29-26)36-20-17-32-15-18-35-19-16-32)31-30-24-12-8-11-23(34)10-7-6-9-22(24)3/h6,9-10,21,34H,3-5,7-8,11-20H2,1-2H3,(H,28,29,31)/b9-6-,23-10+,30-24+. The zero-order chi connectivity index (χ0) is 25.6. The van der Waals surface area contributed by atoms with Gasteiger partial charge in [0.2, 0.25) is 0 Å². The van der Waals surface area contributed by atoms with Crippen LogP contribution in [0.4, 0.5) is 11.6 Å². The van der Waals surface area contributed by atoms with Gasteiger partial charge in [-0.25, -0.2) is 0 Å². The SMILES string of the molecule is C=C1/C=C\C/C=C(/O)CCC/C1=N\Nc1cc(N(CCC)CCC)nc(OCCN2CCOCC2)n1. The van der Waals surface area contributed by atoms with Gasteiger partial charge in [0.05, 0.1) is 24.7 Å². The zero-order valence-corrected chi connectivity index (χ0v) is 21.9. The molecule has 1 aromatic rings. The Morgan fingerprint density at radius 2 is 1.97 bits per heavy atom. The molecular formula is C27H42N6O3. The van der Waals surface area contributed by atoms with Crippen LogP contribution in [0.1, 0.15) is 52.4 Å². The van der Waals surface area contributed by atoms with Crippen LogP contribution < -0.4 is 15.1 Å². The van der Waals surface area contributed by atoms with Crippen LogP contribution in [0, 0.1) is 0 Å². The number of hydrogen-bond donors (Lipinski definition) is 2. The Hall–Kier alpha value is -2.91. The number of rotatable bonds is 11. The van der Waals surface area contributed by atoms with Crippen molar-refractivity contribution in [1.82, 2.24) is 14.9 Å². The van der Waals surface area contributed by atoms with Crippen LogP contribution in [0.15, 0.2) is 47.3 Å². The first-order valence-corrected chi connectivity index (χ1v) is 13.2. The number of nitrogens with one attached hydrogen (secondary N) is 1. The highest BCUT2D eigenvalue weighted by molar-refractivity contribution is 6.02. The second kappa shape index (κ2) is 15.3. The Kier molecular flexibility index (Phi) is 11.7. The summed E-state index contributed by atoms with van der Waals surface area (Å²) in [6, 6.07) is 2.28. The van der Waals surface area contributed by atoms with Gasteiger partial charge >= 0.3 is 6.01 Å². The molecule has 0 aromatic carbocycles. The van der Waals surface area contributed by atoms with E-state index in [2.05, 4.69) is 45.7 Å². The second-order valence-corrected chi connectivity index (χ2v) is 9.07. The van der Waals surface area contributed by atoms with E-state index in [1.165, 1.54) is 0 Å². The summed E-state index contributed by atoms with van der Waals surface area (Å²) >= 11 is 0. The number of anilines is 2. The highest BCUT2D eigenvalue weighted by Gasteiger charge is 2.14. The Balaban J connectivity index is 1.76. The molecule has 3 rings (SSSR count). The highest BCUT2D eigenvalue weighted by atomic mass is 16.5. The van der Waals surface area contributed by atoms with E-state index >= 15 is 0 Å². The van der Waals surface area contributed by atoms with Crippen LogP contribution >= 0.6 is 0 Å². The molecule has 0 saturated carbocycles. The lowest BCUT2D eigenvalue weighted by Gasteiger charge is -2.26. The van der Waals surface area contributed by atoms with E-state index in [1.807, 2.05) is 24.3 Å². The summed E-state index contributed by atoms with van der Waals surface area (Å²) < 4.78 is 11.4. The molecule has 1 aliphatic heterocycles. The number of nitrogens with zero attached hydrogens (tertiary/aromatic N) is 5. The molecule has 1 aliphatic carbocycles. The van der Waals surface area contributed by atoms with Crippen LogP contribution in [0.5, 0.6) is 6.01 Å². The number of hydrazone groups is 1. The fourth-order valence-electron chi connectivity index (χ4n) is 4.13. The van der Waals surface area contributed by atoms with Gasteiger partial charge in [-0.1, -0.05) is 32.6 Å². The summed E-state index contributed by atoms with van der Waals surface area (Å²) in [5.41, 5.74) is 4.83. The van der Waals surface area contributed by atoms with E-state index in [0.717, 1.165) is 82.3 Å². The van der Waals surface area contributed by atoms with Crippen LogP contribution in [-0.4, -0.2) is 78.2 Å². The second-order valence-electron chi connectivity index (χ2n) is 9.07. The van der Waals surface area contributed by atoms with E-state index < -0.39 is 0 Å². The van der Waals surface area contributed by atoms with Crippen molar-refractivity contribution in [1.29, 1.82) is 0 Å². The number of aliphatic hydroxyl groups excluding tert-OH is 1. The van der Waals surface area contributed by atoms with Crippen molar-refractivity contribution in [2.45, 2.75) is 52.4 Å². The maximum Gasteiger partial charge on any atom is 0.320 e. The molecular weight excluding hydrogens is 456 g/mol. The Bertz CT molecular complexity index is 918. The number of allylic oxidation sites excluding steroid dienone is 5. The van der Waals surface area contributed by atoms with Gasteiger partial charge in [0, 0.05) is 45.2 Å². The average molecular weight is 499 g/mol. The molecule has 1 fully saturated rings. The van der Waals surface area contributed by atoms with Crippen LogP contribution in [-0.2, 0) is 4.74 Å². The molecule has 0 bridgehead atoms. The molecule has 2 N–H and O–H groups in total. The lowest BCUT2D eigenvalue weighted by atomic mass is 10.0. The summed E-state index contributed by atoms with van der Waals surface area (Å²) in [6.07, 6.45) is 10.6. The fraction of sp³-hybridized carbons (Fsp3) is 0.593. The largest absolute Gasteiger partial charge is 0.513 e. The molecule has 2 heterocycles. The van der Waals surface area contributed by atoms with Gasteiger partial charge in [0.1, 0.15) is 12.4 Å². The summed E-state index contributed by atoms with van der Waals surface area (Å²) in [7, 11) is 0. The number of ether oxygens (including phenoxy) is 2. The number of aliphatic hydroxyl groups is 1. The average Bonchev–Trinajstić information content (AvgIpc) is 2.88. The molecule has 0 unspecified atom stereocenters. The molecule has 9 nitrogen and oxygen atoms in total. The number of morpholine rings is 1. The third-order valence-corrected chi connectivity index (χ3v) is 6.08. The quantitative estimate of drug-likeness (QED) is 0.424. The predicted molar refractivity (Wildman–Crippen MR) is 146 cm³/mol. The lowest BCUT2D eigenvalue weighted by Crippen LogP contribution is -2.38. The number of aromatic nitrogens is 2. The first-order chi connectivity index (χ1) is 17.6. The topological polar surface area (TPSA) is 95.3 Å². The Morgan fingerprint density at radius 1 is 1.19 bits per heavy atom.